The zero-order valence-corrected chi connectivity index (χ0v) is 22.0. The quantitative estimate of drug-likeness (QED) is 0.236. The fraction of sp³-hybridized carbons (Fsp3) is 0.818. The summed E-state index contributed by atoms with van der Waals surface area (Å²) in [6, 6.07) is 1.25. The molecular weight excluding hydrogens is 464 g/mol. The summed E-state index contributed by atoms with van der Waals surface area (Å²) in [5, 5.41) is -0.407. The van der Waals surface area contributed by atoms with Gasteiger partial charge < -0.3 is 32.6 Å². The number of epoxide rings is 1. The molecule has 3 saturated heterocycles. The van der Waals surface area contributed by atoms with Gasteiger partial charge in [0.15, 0.2) is 11.8 Å². The van der Waals surface area contributed by atoms with Crippen LogP contribution in [0.15, 0.2) is 21.9 Å². The topological polar surface area (TPSA) is 112 Å². The van der Waals surface area contributed by atoms with E-state index in [1.807, 2.05) is 0 Å². The van der Waals surface area contributed by atoms with Crippen molar-refractivity contribution in [3.8, 4) is 0 Å². The molecule has 34 heavy (non-hydrogen) atoms. The van der Waals surface area contributed by atoms with E-state index in [0.717, 1.165) is 0 Å². The predicted octanol–water partition coefficient (Wildman–Crippen LogP) is 1.18. The lowest BCUT2D eigenvalue weighted by Crippen LogP contribution is -2.65. The summed E-state index contributed by atoms with van der Waals surface area (Å²) in [5.74, 6) is 0. The Balaban J connectivity index is 1.61. The van der Waals surface area contributed by atoms with Crippen LogP contribution in [0.2, 0.25) is 10.1 Å². The van der Waals surface area contributed by atoms with Crippen LogP contribution in [0.25, 0.3) is 0 Å². The summed E-state index contributed by atoms with van der Waals surface area (Å²) in [6.07, 6.45) is -0.167. The first-order chi connectivity index (χ1) is 15.9. The highest BCUT2D eigenvalue weighted by Gasteiger charge is 2.73. The molecule has 3 fully saturated rings. The molecule has 0 aliphatic carbocycles. The summed E-state index contributed by atoms with van der Waals surface area (Å²) in [7, 11) is -1.22. The molecule has 12 heteroatoms. The van der Waals surface area contributed by atoms with Crippen LogP contribution in [-0.4, -0.2) is 76.0 Å². The van der Waals surface area contributed by atoms with Gasteiger partial charge in [-0.05, 0) is 0 Å². The third-order valence-corrected chi connectivity index (χ3v) is 11.8. The van der Waals surface area contributed by atoms with Crippen molar-refractivity contribution in [1.82, 2.24) is 9.30 Å². The Hall–Kier alpha value is -1.54. The Morgan fingerprint density at radius 2 is 1.82 bits per heavy atom. The standard InChI is InChI=1S/C22H36N2O9Si/c1-20(2,3)34(21(4,5)6)31-12-15-17(33-34)22(13-29-22)18(32-15)23-9-8-16(25)24(19(23)26)30-14-28-11-10-27-7/h8-9,15,17-18H,10-14H2,1-7H3/t15-,17-,18-,22-/m1/s1. The highest BCUT2D eigenvalue weighted by Crippen LogP contribution is 2.60. The maximum Gasteiger partial charge on any atom is 0.366 e. The zero-order valence-electron chi connectivity index (χ0n) is 21.0. The predicted molar refractivity (Wildman–Crippen MR) is 123 cm³/mol. The largest absolute Gasteiger partial charge is 0.391 e. The van der Waals surface area contributed by atoms with Crippen LogP contribution in [0.5, 0.6) is 0 Å². The van der Waals surface area contributed by atoms with Crippen LogP contribution in [0.4, 0.5) is 0 Å². The van der Waals surface area contributed by atoms with Crippen molar-refractivity contribution in [3.63, 3.8) is 0 Å². The number of aromatic nitrogens is 2. The summed E-state index contributed by atoms with van der Waals surface area (Å²) < 4.78 is 37.7. The van der Waals surface area contributed by atoms with Crippen LogP contribution in [-0.2, 0) is 27.8 Å². The van der Waals surface area contributed by atoms with Crippen molar-refractivity contribution in [2.75, 3.05) is 40.3 Å². The second-order valence-corrected chi connectivity index (χ2v) is 15.8. The third kappa shape index (κ3) is 4.08. The number of methoxy groups -OCH3 is 1. The Labute approximate surface area is 200 Å². The van der Waals surface area contributed by atoms with Crippen molar-refractivity contribution in [2.45, 2.75) is 75.7 Å². The summed E-state index contributed by atoms with van der Waals surface area (Å²) in [5.41, 5.74) is -2.12. The molecule has 0 bridgehead atoms. The first-order valence-electron chi connectivity index (χ1n) is 11.5. The summed E-state index contributed by atoms with van der Waals surface area (Å²) >= 11 is 0. The average molecular weight is 501 g/mol. The average Bonchev–Trinajstić information content (AvgIpc) is 3.48. The smallest absolute Gasteiger partial charge is 0.366 e. The molecule has 4 rings (SSSR count). The third-order valence-electron chi connectivity index (χ3n) is 6.66. The van der Waals surface area contributed by atoms with Crippen molar-refractivity contribution >= 4 is 8.56 Å². The van der Waals surface area contributed by atoms with Crippen LogP contribution in [0, 0.1) is 0 Å². The van der Waals surface area contributed by atoms with Gasteiger partial charge in [0.2, 0.25) is 6.79 Å². The Morgan fingerprint density at radius 1 is 1.15 bits per heavy atom. The van der Waals surface area contributed by atoms with E-state index < -0.39 is 37.7 Å². The molecule has 0 saturated carbocycles. The molecular formula is C22H36N2O9Si. The zero-order chi connectivity index (χ0) is 24.9. The molecule has 3 aliphatic heterocycles. The van der Waals surface area contributed by atoms with Gasteiger partial charge in [-0.25, -0.2) is 4.79 Å². The normalized spacial score (nSPS) is 30.4. The van der Waals surface area contributed by atoms with Gasteiger partial charge in [-0.15, -0.1) is 0 Å². The first-order valence-corrected chi connectivity index (χ1v) is 13.3. The van der Waals surface area contributed by atoms with Crippen LogP contribution in [0.1, 0.15) is 47.8 Å². The molecule has 4 heterocycles. The minimum Gasteiger partial charge on any atom is -0.391 e. The highest BCUT2D eigenvalue weighted by molar-refractivity contribution is 6.73. The van der Waals surface area contributed by atoms with Crippen LogP contribution < -0.4 is 16.1 Å². The number of rotatable bonds is 7. The van der Waals surface area contributed by atoms with E-state index in [1.54, 1.807) is 7.11 Å². The molecule has 3 aliphatic rings. The Bertz CT molecular complexity index is 991. The van der Waals surface area contributed by atoms with Crippen molar-refractivity contribution in [1.29, 1.82) is 0 Å². The highest BCUT2D eigenvalue weighted by atomic mass is 28.4. The van der Waals surface area contributed by atoms with Gasteiger partial charge in [0.25, 0.3) is 5.56 Å². The molecule has 4 atom stereocenters. The molecule has 1 aromatic rings. The number of hydrogen-bond donors (Lipinski definition) is 0. The van der Waals surface area contributed by atoms with Gasteiger partial charge in [-0.2, -0.15) is 0 Å². The summed E-state index contributed by atoms with van der Waals surface area (Å²) in [6.45, 7) is 14.0. The van der Waals surface area contributed by atoms with Gasteiger partial charge >= 0.3 is 14.3 Å². The van der Waals surface area contributed by atoms with E-state index in [2.05, 4.69) is 41.5 Å². The minimum absolute atomic E-state index is 0.203. The SMILES string of the molecule is COCCOCOn1c(=O)ccn([C@@H]2O[C@@H]3CO[Si](C(C)(C)C)(C(C)(C)C)O[C@H]3[C@]23CO3)c1=O. The van der Waals surface area contributed by atoms with E-state index in [4.69, 9.17) is 32.6 Å². The van der Waals surface area contributed by atoms with Crippen molar-refractivity contribution in [3.05, 3.63) is 33.1 Å². The fourth-order valence-electron chi connectivity index (χ4n) is 5.19. The van der Waals surface area contributed by atoms with E-state index in [1.165, 1.54) is 16.8 Å². The second-order valence-electron chi connectivity index (χ2n) is 11.0. The lowest BCUT2D eigenvalue weighted by Gasteiger charge is -2.53. The first kappa shape index (κ1) is 25.5. The fourth-order valence-corrected chi connectivity index (χ4v) is 10.2. The number of nitrogens with zero attached hydrogens (tertiary/aromatic N) is 2. The van der Waals surface area contributed by atoms with E-state index in [0.29, 0.717) is 24.6 Å². The van der Waals surface area contributed by atoms with Gasteiger partial charge in [-0.1, -0.05) is 46.3 Å². The number of ether oxygens (including phenoxy) is 4. The lowest BCUT2D eigenvalue weighted by molar-refractivity contribution is -0.0899. The monoisotopic (exact) mass is 500 g/mol. The molecule has 1 spiro atoms. The van der Waals surface area contributed by atoms with E-state index >= 15 is 0 Å². The van der Waals surface area contributed by atoms with Crippen LogP contribution >= 0.6 is 0 Å². The maximum atomic E-state index is 13.2. The molecule has 192 valence electrons. The maximum absolute atomic E-state index is 13.2. The minimum atomic E-state index is -2.77. The second kappa shape index (κ2) is 8.84. The summed E-state index contributed by atoms with van der Waals surface area (Å²) in [4.78, 5) is 30.8. The molecule has 0 N–H and O–H groups in total. The van der Waals surface area contributed by atoms with E-state index in [9.17, 15) is 9.59 Å². The molecule has 11 nitrogen and oxygen atoms in total. The van der Waals surface area contributed by atoms with Crippen molar-refractivity contribution < 1.29 is 32.6 Å². The molecule has 0 amide bonds. The number of fused-ring (bicyclic) bond motifs is 2. The van der Waals surface area contributed by atoms with Crippen LogP contribution in [0.3, 0.4) is 0 Å². The Kier molecular flexibility index (Phi) is 6.64. The van der Waals surface area contributed by atoms with Gasteiger partial charge in [0, 0.05) is 29.4 Å². The Morgan fingerprint density at radius 3 is 2.41 bits per heavy atom. The van der Waals surface area contributed by atoms with Gasteiger partial charge in [0.1, 0.15) is 12.2 Å². The van der Waals surface area contributed by atoms with Gasteiger partial charge in [0.05, 0.1) is 26.4 Å². The van der Waals surface area contributed by atoms with E-state index in [-0.39, 0.29) is 29.6 Å². The molecule has 0 unspecified atom stereocenters. The molecule has 1 aromatic heterocycles. The van der Waals surface area contributed by atoms with Crippen molar-refractivity contribution in [2.24, 2.45) is 0 Å². The lowest BCUT2D eigenvalue weighted by atomic mass is 10.0. The van der Waals surface area contributed by atoms with Gasteiger partial charge in [-0.3, -0.25) is 9.36 Å². The molecule has 0 aromatic carbocycles. The number of hydrogen-bond acceptors (Lipinski definition) is 9. The molecule has 0 radical (unpaired) electrons.